The van der Waals surface area contributed by atoms with E-state index in [1.54, 1.807) is 11.3 Å². The van der Waals surface area contributed by atoms with Crippen molar-refractivity contribution in [1.29, 1.82) is 10.5 Å². The second-order valence-electron chi connectivity index (χ2n) is 22.1. The summed E-state index contributed by atoms with van der Waals surface area (Å²) in [4.78, 5) is 0. The zero-order valence-corrected chi connectivity index (χ0v) is 44.8. The number of hydrogen-bond acceptors (Lipinski definition) is 6. The minimum Gasteiger partial charge on any atom is -0.456 e. The molecular formula is C76H39N3O3S. The number of para-hydroxylation sites is 4. The van der Waals surface area contributed by atoms with E-state index in [1.807, 2.05) is 42.5 Å². The van der Waals surface area contributed by atoms with Gasteiger partial charge in [0.25, 0.3) is 0 Å². The molecule has 0 amide bonds. The highest BCUT2D eigenvalue weighted by Crippen LogP contribution is 2.62. The molecule has 2 aliphatic carbocycles. The summed E-state index contributed by atoms with van der Waals surface area (Å²) in [6.45, 7) is 0. The van der Waals surface area contributed by atoms with Crippen LogP contribution in [0.5, 0.6) is 0 Å². The zero-order valence-electron chi connectivity index (χ0n) is 44.0. The van der Waals surface area contributed by atoms with Crippen LogP contribution in [0.3, 0.4) is 0 Å². The fourth-order valence-electron chi connectivity index (χ4n) is 15.2. The van der Waals surface area contributed by atoms with Crippen molar-refractivity contribution in [1.82, 2.24) is 4.57 Å². The molecule has 0 bridgehead atoms. The number of aromatic nitrogens is 1. The summed E-state index contributed by atoms with van der Waals surface area (Å²) >= 11 is 1.75. The fourth-order valence-corrected chi connectivity index (χ4v) is 16.4. The largest absolute Gasteiger partial charge is 0.456 e. The molecule has 19 rings (SSSR count). The molecule has 7 heteroatoms. The molecule has 0 N–H and O–H groups in total. The molecule has 382 valence electrons. The second kappa shape index (κ2) is 16.3. The summed E-state index contributed by atoms with van der Waals surface area (Å²) in [5.41, 5.74) is 19.8. The lowest BCUT2D eigenvalue weighted by atomic mass is 9.71. The third kappa shape index (κ3) is 5.73. The first-order valence-corrected chi connectivity index (χ1v) is 28.8. The average molecular weight is 1070 g/mol. The van der Waals surface area contributed by atoms with Crippen LogP contribution in [0.15, 0.2) is 238 Å². The monoisotopic (exact) mass is 1070 g/mol. The van der Waals surface area contributed by atoms with Crippen LogP contribution in [-0.2, 0) is 0 Å². The Hall–Kier alpha value is -11.0. The van der Waals surface area contributed by atoms with Crippen LogP contribution in [0.25, 0.3) is 147 Å². The van der Waals surface area contributed by atoms with Gasteiger partial charge in [0.2, 0.25) is 0 Å². The summed E-state index contributed by atoms with van der Waals surface area (Å²) in [6, 6.07) is 84.8. The highest BCUT2D eigenvalue weighted by Gasteiger charge is 2.45. The van der Waals surface area contributed by atoms with Gasteiger partial charge in [-0.25, -0.2) is 0 Å². The number of nitriles is 2. The third-order valence-corrected chi connectivity index (χ3v) is 19.5. The van der Waals surface area contributed by atoms with E-state index in [4.69, 9.17) is 13.3 Å². The predicted octanol–water partition coefficient (Wildman–Crippen LogP) is 20.6. The summed E-state index contributed by atoms with van der Waals surface area (Å²) in [5, 5.41) is 36.1. The van der Waals surface area contributed by atoms with Crippen LogP contribution in [-0.4, -0.2) is 4.57 Å². The smallest absolute Gasteiger partial charge is 0.137 e. The Balaban J connectivity index is 1.11. The van der Waals surface area contributed by atoms with Gasteiger partial charge >= 0.3 is 0 Å². The number of thiophene rings is 1. The van der Waals surface area contributed by atoms with E-state index in [0.717, 1.165) is 175 Å². The molecule has 5 heterocycles. The van der Waals surface area contributed by atoms with Crippen molar-refractivity contribution in [2.24, 2.45) is 0 Å². The standard InChI is InChI=1S/C76H39N3O3S/c77-38-54-64(53-26-15-25-49-43-19-9-14-31-63(43)83-76(49)53)73(71-45-21-4-2-17-41(45)47-33-36-61-66(69(47)71)51-23-7-12-29-58(51)81-61)72(70-44-20-3-1-16-40(44)46-32-35-60-65(68(46)70)50-22-6-11-28-57(50)80-60)55(39-78)74(54)79-56-27-10-5-18-42(56)48-34-37-62-67(75(48)79)52-24-8-13-30-59(52)82-62/h1-37,70-71H. The van der Waals surface area contributed by atoms with E-state index < -0.39 is 11.8 Å². The normalized spacial score (nSPS) is 14.5. The molecule has 0 aliphatic heterocycles. The first-order valence-electron chi connectivity index (χ1n) is 28.0. The average Bonchev–Trinajstić information content (AvgIpc) is 2.61. The van der Waals surface area contributed by atoms with Gasteiger partial charge in [0.1, 0.15) is 45.6 Å². The molecule has 12 aromatic carbocycles. The van der Waals surface area contributed by atoms with Crippen molar-refractivity contribution in [2.75, 3.05) is 0 Å². The maximum absolute atomic E-state index is 13.1. The van der Waals surface area contributed by atoms with Gasteiger partial charge in [0.15, 0.2) is 0 Å². The van der Waals surface area contributed by atoms with Crippen molar-refractivity contribution in [3.8, 4) is 51.2 Å². The summed E-state index contributed by atoms with van der Waals surface area (Å²) in [5.74, 6) is -1.07. The lowest BCUT2D eigenvalue weighted by Crippen LogP contribution is -2.17. The number of rotatable bonds is 4. The number of hydrogen-bond donors (Lipinski definition) is 0. The summed E-state index contributed by atoms with van der Waals surface area (Å²) in [7, 11) is 0. The van der Waals surface area contributed by atoms with E-state index >= 15 is 0 Å². The Bertz CT molecular complexity index is 5890. The van der Waals surface area contributed by atoms with Crippen molar-refractivity contribution in [3.63, 3.8) is 0 Å². The van der Waals surface area contributed by atoms with Crippen LogP contribution >= 0.6 is 11.3 Å². The molecule has 0 saturated carbocycles. The van der Waals surface area contributed by atoms with Crippen LogP contribution in [0.2, 0.25) is 0 Å². The molecular weight excluding hydrogens is 1030 g/mol. The van der Waals surface area contributed by atoms with Crippen LogP contribution in [0.4, 0.5) is 0 Å². The van der Waals surface area contributed by atoms with Crippen molar-refractivity contribution < 1.29 is 13.3 Å². The molecule has 5 aromatic heterocycles. The highest BCUT2D eigenvalue weighted by molar-refractivity contribution is 7.26. The third-order valence-electron chi connectivity index (χ3n) is 18.3. The molecule has 17 aromatic rings. The van der Waals surface area contributed by atoms with E-state index in [9.17, 15) is 10.5 Å². The van der Waals surface area contributed by atoms with E-state index in [2.05, 4.69) is 199 Å². The lowest BCUT2D eigenvalue weighted by molar-refractivity contribution is 0.668. The number of fused-ring (bicyclic) bond motifs is 24. The van der Waals surface area contributed by atoms with E-state index in [-0.39, 0.29) is 0 Å². The van der Waals surface area contributed by atoms with Gasteiger partial charge in [0.05, 0.1) is 33.2 Å². The Kier molecular flexibility index (Phi) is 8.83. The minimum atomic E-state index is -0.554. The van der Waals surface area contributed by atoms with E-state index in [1.165, 1.54) is 0 Å². The first-order chi connectivity index (χ1) is 41.1. The van der Waals surface area contributed by atoms with Crippen LogP contribution in [0, 0.1) is 22.7 Å². The Morgan fingerprint density at radius 2 is 0.831 bits per heavy atom. The number of furan rings is 3. The number of benzene rings is 12. The van der Waals surface area contributed by atoms with Gasteiger partial charge in [-0.3, -0.25) is 0 Å². The topological polar surface area (TPSA) is 91.9 Å². The van der Waals surface area contributed by atoms with Crippen molar-refractivity contribution in [3.05, 3.63) is 269 Å². The molecule has 2 atom stereocenters. The first kappa shape index (κ1) is 44.8. The van der Waals surface area contributed by atoms with Gasteiger partial charge in [0, 0.05) is 80.8 Å². The Labute approximate surface area is 476 Å². The predicted molar refractivity (Wildman–Crippen MR) is 336 cm³/mol. The lowest BCUT2D eigenvalue weighted by Gasteiger charge is -2.31. The maximum Gasteiger partial charge on any atom is 0.137 e. The van der Waals surface area contributed by atoms with Crippen molar-refractivity contribution >= 4 is 119 Å². The van der Waals surface area contributed by atoms with Crippen LogP contribution < -0.4 is 0 Å². The molecule has 0 saturated heterocycles. The molecule has 83 heavy (non-hydrogen) atoms. The second-order valence-corrected chi connectivity index (χ2v) is 23.2. The molecule has 2 aliphatic rings. The van der Waals surface area contributed by atoms with Crippen LogP contribution in [0.1, 0.15) is 56.3 Å². The Morgan fingerprint density at radius 1 is 0.349 bits per heavy atom. The quantitative estimate of drug-likeness (QED) is 0.175. The molecule has 0 radical (unpaired) electrons. The molecule has 0 spiro atoms. The van der Waals surface area contributed by atoms with Gasteiger partial charge in [-0.05, 0) is 110 Å². The molecule has 0 fully saturated rings. The molecule has 6 nitrogen and oxygen atoms in total. The highest BCUT2D eigenvalue weighted by atomic mass is 32.1. The molecule has 2 unspecified atom stereocenters. The number of nitrogens with zero attached hydrogens (tertiary/aromatic N) is 3. The van der Waals surface area contributed by atoms with Gasteiger partial charge in [-0.1, -0.05) is 170 Å². The maximum atomic E-state index is 13.1. The zero-order chi connectivity index (χ0) is 54.3. The SMILES string of the molecule is N#Cc1c(-c2cccc3c2sc2ccccc23)c(C2c3ccccc3-c3ccc4oc5ccccc5c4c32)c(C2c3ccccc3-c3ccc4oc5ccccc5c4c32)c(C#N)c1-n1c2ccccc2c2ccc3oc4ccccc4c3c21. The Morgan fingerprint density at radius 3 is 1.46 bits per heavy atom. The minimum absolute atomic E-state index is 0.409. The van der Waals surface area contributed by atoms with Gasteiger partial charge in [-0.2, -0.15) is 10.5 Å². The van der Waals surface area contributed by atoms with Gasteiger partial charge < -0.3 is 17.8 Å². The fraction of sp³-hybridized carbons (Fsp3) is 0.0263. The summed E-state index contributed by atoms with van der Waals surface area (Å²) in [6.07, 6.45) is 0. The summed E-state index contributed by atoms with van der Waals surface area (Å²) < 4.78 is 24.9. The van der Waals surface area contributed by atoms with Crippen molar-refractivity contribution in [2.45, 2.75) is 11.8 Å². The van der Waals surface area contributed by atoms with E-state index in [0.29, 0.717) is 16.8 Å². The van der Waals surface area contributed by atoms with Gasteiger partial charge in [-0.15, -0.1) is 11.3 Å².